The molecule has 2 N–H and O–H groups in total. The van der Waals surface area contributed by atoms with E-state index in [2.05, 4.69) is 29.4 Å². The molecule has 0 radical (unpaired) electrons. The molecule has 0 saturated heterocycles. The zero-order valence-electron chi connectivity index (χ0n) is 14.1. The molecule has 0 bridgehead atoms. The highest BCUT2D eigenvalue weighted by Crippen LogP contribution is 2.24. The van der Waals surface area contributed by atoms with Crippen molar-refractivity contribution in [1.82, 2.24) is 15.5 Å². The Balaban J connectivity index is 2.41. The third-order valence-electron chi connectivity index (χ3n) is 3.90. The van der Waals surface area contributed by atoms with Crippen LogP contribution in [0, 0.1) is 5.82 Å². The van der Waals surface area contributed by atoms with E-state index in [1.807, 2.05) is 19.9 Å². The van der Waals surface area contributed by atoms with Crippen LogP contribution in [0.4, 0.5) is 9.18 Å². The minimum atomic E-state index is -0.457. The number of carbonyl (C=O) groups excluding carboxylic acids is 1. The number of halogens is 1. The lowest BCUT2D eigenvalue weighted by Crippen LogP contribution is -2.44. The summed E-state index contributed by atoms with van der Waals surface area (Å²) in [5, 5.41) is 5.66. The molecule has 5 heteroatoms. The van der Waals surface area contributed by atoms with Gasteiger partial charge in [-0.3, -0.25) is 0 Å². The Labute approximate surface area is 133 Å². The van der Waals surface area contributed by atoms with E-state index < -0.39 is 5.41 Å². The lowest BCUT2D eigenvalue weighted by Gasteiger charge is -2.26. The molecule has 0 spiro atoms. The highest BCUT2D eigenvalue weighted by molar-refractivity contribution is 5.73. The number of nitrogens with zero attached hydrogens (tertiary/aromatic N) is 1. The van der Waals surface area contributed by atoms with Gasteiger partial charge in [0.1, 0.15) is 5.82 Å². The summed E-state index contributed by atoms with van der Waals surface area (Å²) in [6.07, 6.45) is 0. The van der Waals surface area contributed by atoms with Gasteiger partial charge in [-0.05, 0) is 24.7 Å². The Kier molecular flexibility index (Phi) is 7.32. The van der Waals surface area contributed by atoms with Crippen molar-refractivity contribution in [2.45, 2.75) is 33.1 Å². The van der Waals surface area contributed by atoms with Gasteiger partial charge in [0.05, 0.1) is 0 Å². The number of amides is 2. The summed E-state index contributed by atoms with van der Waals surface area (Å²) >= 11 is 0. The molecule has 0 aromatic heterocycles. The summed E-state index contributed by atoms with van der Waals surface area (Å²) in [7, 11) is 0. The Morgan fingerprint density at radius 1 is 1.18 bits per heavy atom. The molecule has 0 aliphatic heterocycles. The average Bonchev–Trinajstić information content (AvgIpc) is 2.50. The molecule has 1 aromatic rings. The van der Waals surface area contributed by atoms with Crippen LogP contribution in [0.1, 0.15) is 33.3 Å². The second-order valence-electron chi connectivity index (χ2n) is 6.00. The molecule has 1 aromatic carbocycles. The van der Waals surface area contributed by atoms with Gasteiger partial charge in [0.2, 0.25) is 0 Å². The predicted molar refractivity (Wildman–Crippen MR) is 88.6 cm³/mol. The predicted octanol–water partition coefficient (Wildman–Crippen LogP) is 2.74. The van der Waals surface area contributed by atoms with Crippen LogP contribution in [0.5, 0.6) is 0 Å². The Bertz CT molecular complexity index is 473. The van der Waals surface area contributed by atoms with Gasteiger partial charge in [-0.25, -0.2) is 9.18 Å². The summed E-state index contributed by atoms with van der Waals surface area (Å²) < 4.78 is 13.8. The first-order chi connectivity index (χ1) is 10.4. The molecule has 124 valence electrons. The number of nitrogens with one attached hydrogen (secondary N) is 2. The minimum Gasteiger partial charge on any atom is -0.337 e. The highest BCUT2D eigenvalue weighted by Gasteiger charge is 2.24. The van der Waals surface area contributed by atoms with E-state index in [9.17, 15) is 9.18 Å². The molecule has 0 atom stereocenters. The second kappa shape index (κ2) is 8.73. The van der Waals surface area contributed by atoms with E-state index in [-0.39, 0.29) is 11.8 Å². The molecular formula is C17H28FN3O. The smallest absolute Gasteiger partial charge is 0.314 e. The molecule has 1 rings (SSSR count). The third kappa shape index (κ3) is 5.64. The molecule has 0 aliphatic carbocycles. The molecule has 22 heavy (non-hydrogen) atoms. The zero-order chi connectivity index (χ0) is 16.6. The SMILES string of the molecule is CCN(CC)CCNC(=O)NCC(C)(C)c1ccccc1F. The van der Waals surface area contributed by atoms with Crippen molar-refractivity contribution < 1.29 is 9.18 Å². The first kappa shape index (κ1) is 18.4. The molecule has 0 aliphatic rings. The van der Waals surface area contributed by atoms with Crippen molar-refractivity contribution in [3.8, 4) is 0 Å². The largest absolute Gasteiger partial charge is 0.337 e. The number of likely N-dealkylation sites (N-methyl/N-ethyl adjacent to an activating group) is 1. The van der Waals surface area contributed by atoms with E-state index in [1.165, 1.54) is 6.07 Å². The van der Waals surface area contributed by atoms with Gasteiger partial charge < -0.3 is 15.5 Å². The van der Waals surface area contributed by atoms with Gasteiger partial charge in [0.25, 0.3) is 0 Å². The second-order valence-corrected chi connectivity index (χ2v) is 6.00. The lowest BCUT2D eigenvalue weighted by molar-refractivity contribution is 0.234. The molecule has 0 fully saturated rings. The van der Waals surface area contributed by atoms with E-state index in [1.54, 1.807) is 12.1 Å². The van der Waals surface area contributed by atoms with Crippen molar-refractivity contribution in [1.29, 1.82) is 0 Å². The van der Waals surface area contributed by atoms with Crippen LogP contribution in [-0.2, 0) is 5.41 Å². The number of benzene rings is 1. The van der Waals surface area contributed by atoms with E-state index in [0.717, 1.165) is 19.6 Å². The summed E-state index contributed by atoms with van der Waals surface area (Å²) in [6.45, 7) is 11.8. The maximum atomic E-state index is 13.8. The topological polar surface area (TPSA) is 44.4 Å². The van der Waals surface area contributed by atoms with Crippen LogP contribution >= 0.6 is 0 Å². The summed E-state index contributed by atoms with van der Waals surface area (Å²) in [4.78, 5) is 14.1. The number of hydrogen-bond acceptors (Lipinski definition) is 2. The van der Waals surface area contributed by atoms with Crippen molar-refractivity contribution >= 4 is 6.03 Å². The van der Waals surface area contributed by atoms with E-state index in [0.29, 0.717) is 18.7 Å². The summed E-state index contributed by atoms with van der Waals surface area (Å²) in [5.41, 5.74) is 0.153. The fourth-order valence-corrected chi connectivity index (χ4v) is 2.34. The fourth-order valence-electron chi connectivity index (χ4n) is 2.34. The molecular weight excluding hydrogens is 281 g/mol. The van der Waals surface area contributed by atoms with Gasteiger partial charge in [-0.1, -0.05) is 45.9 Å². The van der Waals surface area contributed by atoms with Gasteiger partial charge in [0.15, 0.2) is 0 Å². The normalized spacial score (nSPS) is 11.5. The van der Waals surface area contributed by atoms with Crippen molar-refractivity contribution in [3.05, 3.63) is 35.6 Å². The zero-order valence-corrected chi connectivity index (χ0v) is 14.1. The maximum absolute atomic E-state index is 13.8. The Hall–Kier alpha value is -1.62. The van der Waals surface area contributed by atoms with Crippen LogP contribution in [0.3, 0.4) is 0 Å². The fraction of sp³-hybridized carbons (Fsp3) is 0.588. The van der Waals surface area contributed by atoms with Crippen molar-refractivity contribution in [3.63, 3.8) is 0 Å². The summed E-state index contributed by atoms with van der Waals surface area (Å²) in [6, 6.07) is 6.47. The molecule has 2 amide bonds. The first-order valence-corrected chi connectivity index (χ1v) is 7.89. The lowest BCUT2D eigenvalue weighted by atomic mass is 9.84. The third-order valence-corrected chi connectivity index (χ3v) is 3.90. The van der Waals surface area contributed by atoms with Gasteiger partial charge in [-0.2, -0.15) is 0 Å². The van der Waals surface area contributed by atoms with E-state index in [4.69, 9.17) is 0 Å². The van der Waals surface area contributed by atoms with Gasteiger partial charge in [0, 0.05) is 25.0 Å². The van der Waals surface area contributed by atoms with E-state index >= 15 is 0 Å². The Morgan fingerprint density at radius 2 is 1.82 bits per heavy atom. The molecule has 0 unspecified atom stereocenters. The number of carbonyl (C=O) groups is 1. The molecule has 4 nitrogen and oxygen atoms in total. The monoisotopic (exact) mass is 309 g/mol. The summed E-state index contributed by atoms with van der Waals surface area (Å²) in [5.74, 6) is -0.240. The Morgan fingerprint density at radius 3 is 2.41 bits per heavy atom. The maximum Gasteiger partial charge on any atom is 0.314 e. The van der Waals surface area contributed by atoms with Crippen LogP contribution < -0.4 is 10.6 Å². The average molecular weight is 309 g/mol. The quantitative estimate of drug-likeness (QED) is 0.775. The molecule has 0 heterocycles. The van der Waals surface area contributed by atoms with Gasteiger partial charge in [-0.15, -0.1) is 0 Å². The standard InChI is InChI=1S/C17H28FN3O/c1-5-21(6-2)12-11-19-16(22)20-13-17(3,4)14-9-7-8-10-15(14)18/h7-10H,5-6,11-13H2,1-4H3,(H2,19,20,22). The van der Waals surface area contributed by atoms with Crippen LogP contribution in [0.15, 0.2) is 24.3 Å². The van der Waals surface area contributed by atoms with Crippen LogP contribution in [0.25, 0.3) is 0 Å². The van der Waals surface area contributed by atoms with Crippen molar-refractivity contribution in [2.75, 3.05) is 32.7 Å². The highest BCUT2D eigenvalue weighted by atomic mass is 19.1. The molecule has 0 saturated carbocycles. The van der Waals surface area contributed by atoms with Crippen LogP contribution in [0.2, 0.25) is 0 Å². The number of rotatable bonds is 8. The van der Waals surface area contributed by atoms with Crippen LogP contribution in [-0.4, -0.2) is 43.7 Å². The minimum absolute atomic E-state index is 0.212. The first-order valence-electron chi connectivity index (χ1n) is 7.89. The number of urea groups is 1. The van der Waals surface area contributed by atoms with Crippen molar-refractivity contribution in [2.24, 2.45) is 0 Å². The van der Waals surface area contributed by atoms with Gasteiger partial charge >= 0.3 is 6.03 Å². The number of hydrogen-bond donors (Lipinski definition) is 2.